The summed E-state index contributed by atoms with van der Waals surface area (Å²) in [4.78, 5) is 26.8. The molecule has 0 radical (unpaired) electrons. The predicted octanol–water partition coefficient (Wildman–Crippen LogP) is 4.52. The van der Waals surface area contributed by atoms with E-state index >= 15 is 0 Å². The first-order valence-corrected chi connectivity index (χ1v) is 9.48. The van der Waals surface area contributed by atoms with Gasteiger partial charge in [0.1, 0.15) is 0 Å². The van der Waals surface area contributed by atoms with Gasteiger partial charge in [-0.2, -0.15) is 0 Å². The second kappa shape index (κ2) is 8.57. The summed E-state index contributed by atoms with van der Waals surface area (Å²) in [6.45, 7) is 7.28. The second-order valence-corrected chi connectivity index (χ2v) is 6.60. The van der Waals surface area contributed by atoms with Crippen LogP contribution in [0.5, 0.6) is 0 Å². The van der Waals surface area contributed by atoms with Crippen LogP contribution in [-0.4, -0.2) is 34.4 Å². The topological polar surface area (TPSA) is 54.3 Å². The van der Waals surface area contributed by atoms with E-state index in [9.17, 15) is 9.59 Å². The Morgan fingerprint density at radius 2 is 1.54 bits per heavy atom. The molecule has 0 atom stereocenters. The first kappa shape index (κ1) is 19.4. The second-order valence-electron chi connectivity index (χ2n) is 6.60. The van der Waals surface area contributed by atoms with Crippen LogP contribution in [0.3, 0.4) is 0 Å². The van der Waals surface area contributed by atoms with Gasteiger partial charge in [-0.15, -0.1) is 0 Å². The first-order chi connectivity index (χ1) is 13.5. The molecule has 0 bridgehead atoms. The molecule has 5 nitrogen and oxygen atoms in total. The lowest BCUT2D eigenvalue weighted by Crippen LogP contribution is -2.30. The van der Waals surface area contributed by atoms with Crippen molar-refractivity contribution in [1.29, 1.82) is 0 Å². The van der Waals surface area contributed by atoms with Crippen LogP contribution < -0.4 is 5.32 Å². The van der Waals surface area contributed by atoms with Gasteiger partial charge in [-0.25, -0.2) is 0 Å². The average Bonchev–Trinajstić information content (AvgIpc) is 3.24. The Hall–Kier alpha value is -3.34. The molecule has 3 aromatic rings. The first-order valence-electron chi connectivity index (χ1n) is 9.48. The van der Waals surface area contributed by atoms with Crippen molar-refractivity contribution < 1.29 is 9.59 Å². The third kappa shape index (κ3) is 4.14. The van der Waals surface area contributed by atoms with Crippen molar-refractivity contribution in [2.45, 2.75) is 20.8 Å². The lowest BCUT2D eigenvalue weighted by Gasteiger charge is -2.18. The SMILES string of the molecule is CCN(CC)C(=O)c1ccc(NC(=O)c2ccc(C)c(-n3cccc3)c2)cc1. The van der Waals surface area contributed by atoms with Crippen LogP contribution in [0, 0.1) is 6.92 Å². The number of carbonyl (C=O) groups excluding carboxylic acids is 2. The molecule has 0 unspecified atom stereocenters. The standard InChI is InChI=1S/C23H25N3O2/c1-4-25(5-2)23(28)18-10-12-20(13-11-18)24-22(27)19-9-8-17(3)21(16-19)26-14-6-7-15-26/h6-16H,4-5H2,1-3H3,(H,24,27). The van der Waals surface area contributed by atoms with Crippen molar-refractivity contribution in [2.24, 2.45) is 0 Å². The summed E-state index contributed by atoms with van der Waals surface area (Å²) >= 11 is 0. The minimum absolute atomic E-state index is 0.00206. The monoisotopic (exact) mass is 375 g/mol. The maximum atomic E-state index is 12.7. The molecular formula is C23H25N3O2. The highest BCUT2D eigenvalue weighted by Gasteiger charge is 2.13. The van der Waals surface area contributed by atoms with Gasteiger partial charge in [0, 0.05) is 48.0 Å². The number of nitrogens with zero attached hydrogens (tertiary/aromatic N) is 2. The van der Waals surface area contributed by atoms with Crippen LogP contribution >= 0.6 is 0 Å². The van der Waals surface area contributed by atoms with Crippen LogP contribution in [-0.2, 0) is 0 Å². The fourth-order valence-electron chi connectivity index (χ4n) is 3.12. The molecule has 0 saturated heterocycles. The van der Waals surface area contributed by atoms with E-state index in [0.717, 1.165) is 11.3 Å². The highest BCUT2D eigenvalue weighted by Crippen LogP contribution is 2.18. The molecule has 0 spiro atoms. The normalized spacial score (nSPS) is 10.5. The zero-order chi connectivity index (χ0) is 20.1. The minimum Gasteiger partial charge on any atom is -0.339 e. The number of nitrogens with one attached hydrogen (secondary N) is 1. The number of carbonyl (C=O) groups is 2. The van der Waals surface area contributed by atoms with Crippen molar-refractivity contribution >= 4 is 17.5 Å². The molecule has 144 valence electrons. The Kier molecular flexibility index (Phi) is 5.94. The van der Waals surface area contributed by atoms with E-state index in [2.05, 4.69) is 5.32 Å². The zero-order valence-electron chi connectivity index (χ0n) is 16.5. The number of anilines is 1. The molecule has 1 aromatic heterocycles. The number of rotatable bonds is 6. The average molecular weight is 375 g/mol. The van der Waals surface area contributed by atoms with Crippen molar-refractivity contribution in [2.75, 3.05) is 18.4 Å². The molecule has 2 amide bonds. The summed E-state index contributed by atoms with van der Waals surface area (Å²) in [7, 11) is 0. The Morgan fingerprint density at radius 1 is 0.929 bits per heavy atom. The zero-order valence-corrected chi connectivity index (χ0v) is 16.5. The fourth-order valence-corrected chi connectivity index (χ4v) is 3.12. The van der Waals surface area contributed by atoms with Crippen molar-refractivity contribution in [3.05, 3.63) is 83.7 Å². The number of aryl methyl sites for hydroxylation is 1. The number of hydrogen-bond acceptors (Lipinski definition) is 2. The molecule has 0 aliphatic heterocycles. The van der Waals surface area contributed by atoms with Gasteiger partial charge in [-0.3, -0.25) is 9.59 Å². The van der Waals surface area contributed by atoms with Gasteiger partial charge in [0.15, 0.2) is 0 Å². The highest BCUT2D eigenvalue weighted by molar-refractivity contribution is 6.05. The Labute approximate surface area is 165 Å². The molecule has 0 fully saturated rings. The third-order valence-corrected chi connectivity index (χ3v) is 4.79. The highest BCUT2D eigenvalue weighted by atomic mass is 16.2. The van der Waals surface area contributed by atoms with Gasteiger partial charge < -0.3 is 14.8 Å². The largest absolute Gasteiger partial charge is 0.339 e. The minimum atomic E-state index is -0.184. The molecular weight excluding hydrogens is 350 g/mol. The van der Waals surface area contributed by atoms with E-state index in [-0.39, 0.29) is 11.8 Å². The van der Waals surface area contributed by atoms with Crippen molar-refractivity contribution in [1.82, 2.24) is 9.47 Å². The summed E-state index contributed by atoms with van der Waals surface area (Å²) in [6.07, 6.45) is 3.91. The maximum absolute atomic E-state index is 12.7. The summed E-state index contributed by atoms with van der Waals surface area (Å²) in [5.41, 5.74) is 3.92. The summed E-state index contributed by atoms with van der Waals surface area (Å²) in [5, 5.41) is 2.90. The van der Waals surface area contributed by atoms with Crippen LogP contribution in [0.15, 0.2) is 67.0 Å². The molecule has 1 heterocycles. The van der Waals surface area contributed by atoms with Gasteiger partial charge in [-0.05, 0) is 74.9 Å². The van der Waals surface area contributed by atoms with E-state index in [1.165, 1.54) is 0 Å². The number of benzene rings is 2. The summed E-state index contributed by atoms with van der Waals surface area (Å²) in [5.74, 6) is -0.186. The van der Waals surface area contributed by atoms with E-state index in [4.69, 9.17) is 0 Å². The van der Waals surface area contributed by atoms with Gasteiger partial charge in [0.2, 0.25) is 0 Å². The van der Waals surface area contributed by atoms with Crippen molar-refractivity contribution in [3.8, 4) is 5.69 Å². The van der Waals surface area contributed by atoms with E-state index in [1.54, 1.807) is 29.2 Å². The third-order valence-electron chi connectivity index (χ3n) is 4.79. The molecule has 1 N–H and O–H groups in total. The Bertz CT molecular complexity index is 956. The van der Waals surface area contributed by atoms with Gasteiger partial charge in [0.05, 0.1) is 0 Å². The number of amides is 2. The summed E-state index contributed by atoms with van der Waals surface area (Å²) < 4.78 is 1.99. The summed E-state index contributed by atoms with van der Waals surface area (Å²) in [6, 6.07) is 16.5. The lowest BCUT2D eigenvalue weighted by molar-refractivity contribution is 0.0773. The number of aromatic nitrogens is 1. The van der Waals surface area contributed by atoms with Gasteiger partial charge >= 0.3 is 0 Å². The van der Waals surface area contributed by atoms with Crippen LogP contribution in [0.2, 0.25) is 0 Å². The Morgan fingerprint density at radius 3 is 2.14 bits per heavy atom. The number of hydrogen-bond donors (Lipinski definition) is 1. The lowest BCUT2D eigenvalue weighted by atomic mass is 10.1. The molecule has 5 heteroatoms. The Balaban J connectivity index is 1.75. The van der Waals surface area contributed by atoms with E-state index in [1.807, 2.05) is 68.1 Å². The fraction of sp³-hybridized carbons (Fsp3) is 0.217. The van der Waals surface area contributed by atoms with Crippen LogP contribution in [0.4, 0.5) is 5.69 Å². The van der Waals surface area contributed by atoms with E-state index < -0.39 is 0 Å². The predicted molar refractivity (Wildman–Crippen MR) is 112 cm³/mol. The molecule has 0 aliphatic rings. The smallest absolute Gasteiger partial charge is 0.255 e. The molecule has 0 saturated carbocycles. The maximum Gasteiger partial charge on any atom is 0.255 e. The molecule has 3 rings (SSSR count). The molecule has 28 heavy (non-hydrogen) atoms. The van der Waals surface area contributed by atoms with Crippen molar-refractivity contribution in [3.63, 3.8) is 0 Å². The van der Waals surface area contributed by atoms with Crippen LogP contribution in [0.25, 0.3) is 5.69 Å². The quantitative estimate of drug-likeness (QED) is 0.689. The van der Waals surface area contributed by atoms with E-state index in [0.29, 0.717) is 29.9 Å². The van der Waals surface area contributed by atoms with Crippen LogP contribution in [0.1, 0.15) is 40.1 Å². The van der Waals surface area contributed by atoms with Gasteiger partial charge in [-0.1, -0.05) is 6.07 Å². The molecule has 2 aromatic carbocycles. The molecule has 0 aliphatic carbocycles. The van der Waals surface area contributed by atoms with Gasteiger partial charge in [0.25, 0.3) is 11.8 Å².